The van der Waals surface area contributed by atoms with Gasteiger partial charge in [-0.25, -0.2) is 14.4 Å². The highest BCUT2D eigenvalue weighted by Crippen LogP contribution is 2.35. The van der Waals surface area contributed by atoms with Crippen LogP contribution in [-0.2, 0) is 6.54 Å². The van der Waals surface area contributed by atoms with Crippen LogP contribution in [0.4, 0.5) is 16.0 Å². The first-order valence-corrected chi connectivity index (χ1v) is 10.2. The molecule has 5 N–H and O–H groups in total. The number of fused-ring (bicyclic) bond motifs is 2. The number of nitrogens with one attached hydrogen (secondary N) is 2. The van der Waals surface area contributed by atoms with E-state index in [4.69, 9.17) is 15.5 Å². The Balaban J connectivity index is 1.70. The maximum absolute atomic E-state index is 14.0. The summed E-state index contributed by atoms with van der Waals surface area (Å²) in [6, 6.07) is 10.9. The zero-order valence-corrected chi connectivity index (χ0v) is 17.3. The largest absolute Gasteiger partial charge is 0.473 e. The van der Waals surface area contributed by atoms with Gasteiger partial charge in [-0.15, -0.1) is 0 Å². The summed E-state index contributed by atoms with van der Waals surface area (Å²) >= 11 is 0. The number of aliphatic hydroxyl groups excluding tert-OH is 1. The highest BCUT2D eigenvalue weighted by molar-refractivity contribution is 5.86. The van der Waals surface area contributed by atoms with Gasteiger partial charge in [0.05, 0.1) is 23.5 Å². The van der Waals surface area contributed by atoms with Crippen molar-refractivity contribution in [3.8, 4) is 17.0 Å². The molecule has 2 bridgehead atoms. The predicted molar refractivity (Wildman–Crippen MR) is 117 cm³/mol. The molecule has 32 heavy (non-hydrogen) atoms. The molecular weight excluding hydrogens is 413 g/mol. The summed E-state index contributed by atoms with van der Waals surface area (Å²) in [6.07, 6.45) is 1.27. The lowest BCUT2D eigenvalue weighted by Gasteiger charge is -2.18. The number of aliphatic hydroxyl groups is 1. The van der Waals surface area contributed by atoms with Crippen molar-refractivity contribution in [2.75, 3.05) is 17.6 Å². The molecule has 4 aromatic rings. The highest BCUT2D eigenvalue weighted by atomic mass is 19.1. The summed E-state index contributed by atoms with van der Waals surface area (Å²) in [6.45, 7) is 2.35. The van der Waals surface area contributed by atoms with Crippen molar-refractivity contribution in [1.82, 2.24) is 24.9 Å². The number of pyridine rings is 1. The molecule has 0 radical (unpaired) electrons. The van der Waals surface area contributed by atoms with Crippen molar-refractivity contribution in [3.63, 3.8) is 0 Å². The molecule has 0 fully saturated rings. The van der Waals surface area contributed by atoms with Gasteiger partial charge in [0.1, 0.15) is 29.8 Å². The highest BCUT2D eigenvalue weighted by Gasteiger charge is 2.23. The average molecular weight is 435 g/mol. The van der Waals surface area contributed by atoms with Gasteiger partial charge in [-0.05, 0) is 18.6 Å². The Morgan fingerprint density at radius 1 is 1.25 bits per heavy atom. The van der Waals surface area contributed by atoms with Crippen LogP contribution < -0.4 is 21.1 Å². The summed E-state index contributed by atoms with van der Waals surface area (Å²) in [4.78, 5) is 8.84. The van der Waals surface area contributed by atoms with E-state index in [1.54, 1.807) is 0 Å². The minimum atomic E-state index is -1.04. The maximum Gasteiger partial charge on any atom is 0.218 e. The molecule has 3 aromatic heterocycles. The number of benzene rings is 1. The second kappa shape index (κ2) is 8.06. The van der Waals surface area contributed by atoms with Gasteiger partial charge in [0.25, 0.3) is 0 Å². The van der Waals surface area contributed by atoms with E-state index in [9.17, 15) is 9.50 Å². The number of rotatable bonds is 1. The SMILES string of the molecule is C[C@H]1CNC(O)c2cnn3c(N)c(-c4ccccc4)c(nc23)NCc2cc(F)cnc2O1. The lowest BCUT2D eigenvalue weighted by molar-refractivity contribution is 0.115. The molecule has 0 saturated heterocycles. The van der Waals surface area contributed by atoms with E-state index >= 15 is 0 Å². The number of hydrogen-bond acceptors (Lipinski definition) is 8. The zero-order valence-electron chi connectivity index (χ0n) is 17.3. The minimum absolute atomic E-state index is 0.203. The fourth-order valence-electron chi connectivity index (χ4n) is 3.74. The number of hydrogen-bond donors (Lipinski definition) is 4. The maximum atomic E-state index is 14.0. The fraction of sp³-hybridized carbons (Fsp3) is 0.227. The first kappa shape index (κ1) is 20.2. The van der Waals surface area contributed by atoms with Crippen LogP contribution in [0.25, 0.3) is 16.8 Å². The van der Waals surface area contributed by atoms with E-state index in [0.717, 1.165) is 11.8 Å². The number of aromatic nitrogens is 4. The minimum Gasteiger partial charge on any atom is -0.473 e. The van der Waals surface area contributed by atoms with E-state index < -0.39 is 12.0 Å². The molecule has 9 nitrogen and oxygen atoms in total. The molecule has 164 valence electrons. The summed E-state index contributed by atoms with van der Waals surface area (Å²) in [5.41, 5.74) is 9.42. The molecule has 4 heterocycles. The van der Waals surface area contributed by atoms with Gasteiger partial charge in [-0.2, -0.15) is 9.61 Å². The van der Waals surface area contributed by atoms with Crippen LogP contribution in [0.1, 0.15) is 24.3 Å². The van der Waals surface area contributed by atoms with Gasteiger partial charge in [0.2, 0.25) is 5.88 Å². The number of ether oxygens (including phenoxy) is 1. The molecule has 0 amide bonds. The topological polar surface area (TPSA) is 123 Å². The second-order valence-electron chi connectivity index (χ2n) is 7.63. The van der Waals surface area contributed by atoms with Gasteiger partial charge < -0.3 is 20.9 Å². The van der Waals surface area contributed by atoms with Gasteiger partial charge >= 0.3 is 0 Å². The van der Waals surface area contributed by atoms with Crippen molar-refractivity contribution in [1.29, 1.82) is 0 Å². The molecule has 0 aliphatic carbocycles. The quantitative estimate of drug-likeness (QED) is 0.360. The van der Waals surface area contributed by atoms with Crippen LogP contribution in [0.3, 0.4) is 0 Å². The lowest BCUT2D eigenvalue weighted by Crippen LogP contribution is -2.32. The number of nitrogens with two attached hydrogens (primary N) is 1. The predicted octanol–water partition coefficient (Wildman–Crippen LogP) is 2.49. The summed E-state index contributed by atoms with van der Waals surface area (Å²) in [5.74, 6) is 0.668. The Bertz CT molecular complexity index is 1280. The van der Waals surface area contributed by atoms with E-state index in [-0.39, 0.29) is 12.6 Å². The fourth-order valence-corrected chi connectivity index (χ4v) is 3.74. The Morgan fingerprint density at radius 2 is 2.06 bits per heavy atom. The van der Waals surface area contributed by atoms with Gasteiger partial charge in [-0.3, -0.25) is 5.32 Å². The van der Waals surface area contributed by atoms with Crippen LogP contribution in [0, 0.1) is 5.82 Å². The molecule has 0 saturated carbocycles. The first-order chi connectivity index (χ1) is 15.5. The van der Waals surface area contributed by atoms with Gasteiger partial charge in [-0.1, -0.05) is 30.3 Å². The molecule has 5 rings (SSSR count). The Kier molecular flexibility index (Phi) is 5.08. The number of halogens is 1. The summed E-state index contributed by atoms with van der Waals surface area (Å²) < 4.78 is 21.4. The standard InChI is InChI=1S/C22H22FN7O2/c1-12-8-26-21(31)16-11-28-30-18(24)17(13-5-3-2-4-6-13)19(29-20(16)30)25-9-14-7-15(23)10-27-22(14)32-12/h2-7,10-12,21,26,31H,8-9,24H2,1H3,(H,25,29)/t12-,21?/m0/s1. The molecule has 2 atom stereocenters. The first-order valence-electron chi connectivity index (χ1n) is 10.2. The van der Waals surface area contributed by atoms with Crippen LogP contribution in [0.2, 0.25) is 0 Å². The number of nitrogen functional groups attached to an aromatic ring is 1. The third kappa shape index (κ3) is 3.59. The van der Waals surface area contributed by atoms with E-state index in [1.807, 2.05) is 37.3 Å². The van der Waals surface area contributed by atoms with Crippen LogP contribution in [0.15, 0.2) is 48.8 Å². The van der Waals surface area contributed by atoms with Crippen LogP contribution in [-0.4, -0.2) is 37.3 Å². The molecule has 1 unspecified atom stereocenters. The lowest BCUT2D eigenvalue weighted by atomic mass is 10.1. The Labute approximate surface area is 183 Å². The monoisotopic (exact) mass is 435 g/mol. The molecular formula is C22H22FN7O2. The van der Waals surface area contributed by atoms with E-state index in [2.05, 4.69) is 20.7 Å². The summed E-state index contributed by atoms with van der Waals surface area (Å²) in [7, 11) is 0. The Hall–Kier alpha value is -3.76. The van der Waals surface area contributed by atoms with Crippen LogP contribution >= 0.6 is 0 Å². The van der Waals surface area contributed by atoms with Crippen molar-refractivity contribution in [2.45, 2.75) is 25.8 Å². The molecule has 0 spiro atoms. The molecule has 1 aromatic carbocycles. The molecule has 1 aliphatic rings. The molecule has 1 aliphatic heterocycles. The summed E-state index contributed by atoms with van der Waals surface area (Å²) in [5, 5.41) is 21.3. The molecule has 10 heteroatoms. The zero-order chi connectivity index (χ0) is 22.2. The van der Waals surface area contributed by atoms with Crippen molar-refractivity contribution >= 4 is 17.3 Å². The number of nitrogens with zero attached hydrogens (tertiary/aromatic N) is 4. The normalized spacial score (nSPS) is 18.7. The smallest absolute Gasteiger partial charge is 0.218 e. The Morgan fingerprint density at radius 3 is 2.88 bits per heavy atom. The average Bonchev–Trinajstić information content (AvgIpc) is 3.22. The number of anilines is 2. The van der Waals surface area contributed by atoms with Gasteiger partial charge in [0, 0.05) is 18.7 Å². The van der Waals surface area contributed by atoms with Crippen molar-refractivity contribution < 1.29 is 14.2 Å². The van der Waals surface area contributed by atoms with Crippen LogP contribution in [0.5, 0.6) is 5.88 Å². The van der Waals surface area contributed by atoms with E-state index in [0.29, 0.717) is 46.4 Å². The second-order valence-corrected chi connectivity index (χ2v) is 7.63. The van der Waals surface area contributed by atoms with Crippen molar-refractivity contribution in [3.05, 3.63) is 65.7 Å². The van der Waals surface area contributed by atoms with Crippen molar-refractivity contribution in [2.24, 2.45) is 0 Å². The third-order valence-corrected chi connectivity index (χ3v) is 5.32. The van der Waals surface area contributed by atoms with E-state index in [1.165, 1.54) is 16.8 Å². The van der Waals surface area contributed by atoms with Gasteiger partial charge in [0.15, 0.2) is 5.65 Å². The third-order valence-electron chi connectivity index (χ3n) is 5.32.